The zero-order valence-corrected chi connectivity index (χ0v) is 15.0. The molecule has 25 heavy (non-hydrogen) atoms. The maximum atomic E-state index is 12.1. The molecule has 0 unspecified atom stereocenters. The Balaban J connectivity index is 1.55. The van der Waals surface area contributed by atoms with Crippen molar-refractivity contribution in [2.75, 3.05) is 20.2 Å². The van der Waals surface area contributed by atoms with Gasteiger partial charge in [-0.1, -0.05) is 6.07 Å². The summed E-state index contributed by atoms with van der Waals surface area (Å²) in [6.45, 7) is 2.27. The van der Waals surface area contributed by atoms with Gasteiger partial charge in [-0.3, -0.25) is 4.90 Å². The van der Waals surface area contributed by atoms with Gasteiger partial charge in [0.1, 0.15) is 6.10 Å². The fourth-order valence-electron chi connectivity index (χ4n) is 6.63. The quantitative estimate of drug-likeness (QED) is 0.918. The molecule has 4 nitrogen and oxygen atoms in total. The van der Waals surface area contributed by atoms with Crippen LogP contribution in [0.1, 0.15) is 49.7 Å². The van der Waals surface area contributed by atoms with Crippen LogP contribution in [0.2, 0.25) is 0 Å². The maximum absolute atomic E-state index is 12.1. The summed E-state index contributed by atoms with van der Waals surface area (Å²) in [6, 6.07) is 4.54. The molecule has 2 bridgehead atoms. The predicted octanol–water partition coefficient (Wildman–Crippen LogP) is 2.65. The van der Waals surface area contributed by atoms with Crippen molar-refractivity contribution in [1.82, 2.24) is 4.90 Å². The third kappa shape index (κ3) is 1.66. The van der Waals surface area contributed by atoms with Crippen LogP contribution in [0, 0.1) is 5.92 Å². The number of benzene rings is 1. The highest BCUT2D eigenvalue weighted by Crippen LogP contribution is 2.65. The van der Waals surface area contributed by atoms with Crippen LogP contribution in [0.15, 0.2) is 12.1 Å². The summed E-state index contributed by atoms with van der Waals surface area (Å²) in [6.07, 6.45) is 7.85. The molecule has 5 aliphatic rings. The van der Waals surface area contributed by atoms with Gasteiger partial charge in [0.25, 0.3) is 0 Å². The molecule has 6 rings (SSSR count). The molecule has 0 amide bonds. The highest BCUT2D eigenvalue weighted by molar-refractivity contribution is 5.62. The Morgan fingerprint density at radius 2 is 2.16 bits per heavy atom. The van der Waals surface area contributed by atoms with Gasteiger partial charge in [0, 0.05) is 18.2 Å². The van der Waals surface area contributed by atoms with Crippen molar-refractivity contribution in [1.29, 1.82) is 0 Å². The number of ether oxygens (including phenoxy) is 2. The topological polar surface area (TPSA) is 41.9 Å². The molecule has 2 aliphatic heterocycles. The first-order chi connectivity index (χ1) is 12.2. The van der Waals surface area contributed by atoms with Crippen molar-refractivity contribution in [3.63, 3.8) is 0 Å². The molecular weight excluding hydrogens is 314 g/mol. The van der Waals surface area contributed by atoms with Crippen molar-refractivity contribution >= 4 is 0 Å². The van der Waals surface area contributed by atoms with Crippen molar-refractivity contribution < 1.29 is 14.6 Å². The largest absolute Gasteiger partial charge is 0.493 e. The van der Waals surface area contributed by atoms with Gasteiger partial charge in [0.15, 0.2) is 11.5 Å². The van der Waals surface area contributed by atoms with E-state index in [-0.39, 0.29) is 17.6 Å². The second-order valence-electron chi connectivity index (χ2n) is 8.93. The molecule has 2 heterocycles. The van der Waals surface area contributed by atoms with E-state index in [0.717, 1.165) is 56.1 Å². The smallest absolute Gasteiger partial charge is 0.165 e. The van der Waals surface area contributed by atoms with Crippen LogP contribution in [0.5, 0.6) is 11.5 Å². The molecule has 134 valence electrons. The van der Waals surface area contributed by atoms with Crippen LogP contribution in [0.3, 0.4) is 0 Å². The fraction of sp³-hybridized carbons (Fsp3) is 0.714. The summed E-state index contributed by atoms with van der Waals surface area (Å²) in [5.41, 5.74) is 1.82. The molecule has 4 atom stereocenters. The van der Waals surface area contributed by atoms with E-state index in [0.29, 0.717) is 0 Å². The molecule has 1 N–H and O–H groups in total. The normalized spacial score (nSPS) is 41.2. The molecule has 0 aromatic heterocycles. The Labute approximate surface area is 149 Å². The summed E-state index contributed by atoms with van der Waals surface area (Å²) in [7, 11) is 1.72. The third-order valence-electron chi connectivity index (χ3n) is 7.87. The molecular formula is C21H27NO3. The lowest BCUT2D eigenvalue weighted by Crippen LogP contribution is -2.75. The molecule has 0 radical (unpaired) electrons. The van der Waals surface area contributed by atoms with Gasteiger partial charge in [-0.05, 0) is 69.0 Å². The van der Waals surface area contributed by atoms with Gasteiger partial charge in [0.05, 0.1) is 18.1 Å². The minimum atomic E-state index is -0.645. The minimum Gasteiger partial charge on any atom is -0.493 e. The van der Waals surface area contributed by atoms with E-state index in [1.165, 1.54) is 30.5 Å². The number of rotatable bonds is 3. The fourth-order valence-corrected chi connectivity index (χ4v) is 6.63. The van der Waals surface area contributed by atoms with Gasteiger partial charge in [-0.15, -0.1) is 0 Å². The molecule has 1 aromatic rings. The third-order valence-corrected chi connectivity index (χ3v) is 7.87. The molecule has 1 spiro atoms. The lowest BCUT2D eigenvalue weighted by atomic mass is 9.49. The number of likely N-dealkylation sites (tertiary alicyclic amines) is 1. The average molecular weight is 341 g/mol. The lowest BCUT2D eigenvalue weighted by Gasteiger charge is -2.63. The van der Waals surface area contributed by atoms with Gasteiger partial charge in [-0.25, -0.2) is 0 Å². The van der Waals surface area contributed by atoms with E-state index in [9.17, 15) is 5.11 Å². The SMILES string of the molecule is COc1ccc2c3c1O[C@H]1CCC[C@@]4(O)[C@@H](C2)N(CC2CC2)CC[C@]314. The second-order valence-corrected chi connectivity index (χ2v) is 8.93. The van der Waals surface area contributed by atoms with E-state index in [4.69, 9.17) is 9.47 Å². The van der Waals surface area contributed by atoms with E-state index < -0.39 is 5.60 Å². The number of hydrogen-bond donors (Lipinski definition) is 1. The van der Waals surface area contributed by atoms with Gasteiger partial charge in [0.2, 0.25) is 0 Å². The first-order valence-electron chi connectivity index (χ1n) is 10.0. The highest BCUT2D eigenvalue weighted by atomic mass is 16.5. The summed E-state index contributed by atoms with van der Waals surface area (Å²) in [4.78, 5) is 2.62. The zero-order chi connectivity index (χ0) is 16.8. The average Bonchev–Trinajstić information content (AvgIpc) is 3.35. The number of aliphatic hydroxyl groups is 1. The summed E-state index contributed by atoms with van der Waals surface area (Å²) >= 11 is 0. The van der Waals surface area contributed by atoms with Crippen LogP contribution < -0.4 is 9.47 Å². The second kappa shape index (κ2) is 4.72. The Bertz CT molecular complexity index is 745. The van der Waals surface area contributed by atoms with Gasteiger partial charge in [-0.2, -0.15) is 0 Å². The molecule has 1 saturated heterocycles. The van der Waals surface area contributed by atoms with Crippen LogP contribution in [-0.4, -0.2) is 48.0 Å². The first-order valence-corrected chi connectivity index (χ1v) is 10.0. The summed E-state index contributed by atoms with van der Waals surface area (Å²) in [5, 5.41) is 12.1. The predicted molar refractivity (Wildman–Crippen MR) is 94.3 cm³/mol. The zero-order valence-electron chi connectivity index (χ0n) is 15.0. The van der Waals surface area contributed by atoms with Crippen LogP contribution in [-0.2, 0) is 11.8 Å². The Kier molecular flexibility index (Phi) is 2.80. The van der Waals surface area contributed by atoms with E-state index in [2.05, 4.69) is 17.0 Å². The van der Waals surface area contributed by atoms with Crippen molar-refractivity contribution in [2.45, 2.75) is 68.1 Å². The Morgan fingerprint density at radius 3 is 2.96 bits per heavy atom. The van der Waals surface area contributed by atoms with Crippen molar-refractivity contribution in [3.8, 4) is 11.5 Å². The maximum Gasteiger partial charge on any atom is 0.165 e. The molecule has 2 saturated carbocycles. The van der Waals surface area contributed by atoms with Crippen LogP contribution in [0.4, 0.5) is 0 Å². The molecule has 3 aliphatic carbocycles. The molecule has 3 fully saturated rings. The Hall–Kier alpha value is -1.26. The van der Waals surface area contributed by atoms with E-state index in [1.54, 1.807) is 7.11 Å². The highest BCUT2D eigenvalue weighted by Gasteiger charge is 2.71. The summed E-state index contributed by atoms with van der Waals surface area (Å²) in [5.74, 6) is 2.63. The van der Waals surface area contributed by atoms with Crippen molar-refractivity contribution in [3.05, 3.63) is 23.3 Å². The lowest BCUT2D eigenvalue weighted by molar-refractivity contribution is -0.185. The number of nitrogens with zero attached hydrogens (tertiary/aromatic N) is 1. The number of methoxy groups -OCH3 is 1. The standard InChI is InChI=1S/C21H27NO3/c1-24-15-7-6-14-11-16-21(23)8-2-3-17-20(21,18(14)19(15)25-17)9-10-22(16)12-13-4-5-13/h6-7,13,16-17,23H,2-5,8-12H2,1H3/t16-,17+,20-,21-/m1/s1. The molecule has 1 aromatic carbocycles. The number of piperidine rings is 1. The van der Waals surface area contributed by atoms with Gasteiger partial charge < -0.3 is 14.6 Å². The van der Waals surface area contributed by atoms with Crippen LogP contribution >= 0.6 is 0 Å². The van der Waals surface area contributed by atoms with E-state index >= 15 is 0 Å². The number of hydrogen-bond acceptors (Lipinski definition) is 4. The monoisotopic (exact) mass is 341 g/mol. The summed E-state index contributed by atoms with van der Waals surface area (Å²) < 4.78 is 12.1. The minimum absolute atomic E-state index is 0.113. The van der Waals surface area contributed by atoms with E-state index in [1.807, 2.05) is 0 Å². The Morgan fingerprint density at radius 1 is 1.28 bits per heavy atom. The van der Waals surface area contributed by atoms with Crippen LogP contribution in [0.25, 0.3) is 0 Å². The van der Waals surface area contributed by atoms with Gasteiger partial charge >= 0.3 is 0 Å². The molecule has 4 heteroatoms. The van der Waals surface area contributed by atoms with Crippen molar-refractivity contribution in [2.24, 2.45) is 5.92 Å². The first kappa shape index (κ1) is 14.9.